The zero-order valence-electron chi connectivity index (χ0n) is 22.3. The Kier molecular flexibility index (Phi) is 5.76. The van der Waals surface area contributed by atoms with E-state index >= 15 is 0 Å². The molecule has 6 heterocycles. The molecule has 1 fully saturated rings. The maximum absolute atomic E-state index is 14.2. The number of halogens is 1. The van der Waals surface area contributed by atoms with E-state index in [0.717, 1.165) is 49.8 Å². The number of hydrogen-bond donors (Lipinski definition) is 2. The van der Waals surface area contributed by atoms with Gasteiger partial charge in [-0.3, -0.25) is 4.98 Å². The number of rotatable bonds is 5. The van der Waals surface area contributed by atoms with Crippen molar-refractivity contribution in [3.63, 3.8) is 0 Å². The zero-order valence-corrected chi connectivity index (χ0v) is 22.3. The van der Waals surface area contributed by atoms with E-state index in [2.05, 4.69) is 44.6 Å². The van der Waals surface area contributed by atoms with Gasteiger partial charge in [0, 0.05) is 47.2 Å². The molecule has 6 aromatic rings. The summed E-state index contributed by atoms with van der Waals surface area (Å²) < 4.78 is 23.9. The largest absolute Gasteiger partial charge is 0.358 e. The van der Waals surface area contributed by atoms with Gasteiger partial charge >= 0.3 is 0 Å². The highest BCUT2D eigenvalue weighted by atomic mass is 19.1. The summed E-state index contributed by atoms with van der Waals surface area (Å²) in [7, 11) is 0. The Labute approximate surface area is 234 Å². The third kappa shape index (κ3) is 4.24. The molecule has 1 saturated heterocycles. The van der Waals surface area contributed by atoms with Gasteiger partial charge < -0.3 is 15.0 Å². The smallest absolute Gasteiger partial charge is 0.228 e. The summed E-state index contributed by atoms with van der Waals surface area (Å²) in [6.45, 7) is 0.714. The van der Waals surface area contributed by atoms with Gasteiger partial charge in [0.15, 0.2) is 17.7 Å². The van der Waals surface area contributed by atoms with Crippen molar-refractivity contribution in [2.75, 3.05) is 11.9 Å². The minimum atomic E-state index is -0.444. The van der Waals surface area contributed by atoms with Gasteiger partial charge in [0.25, 0.3) is 0 Å². The van der Waals surface area contributed by atoms with Crippen LogP contribution in [-0.2, 0) is 17.6 Å². The predicted molar refractivity (Wildman–Crippen MR) is 152 cm³/mol. The van der Waals surface area contributed by atoms with E-state index in [4.69, 9.17) is 19.8 Å². The van der Waals surface area contributed by atoms with E-state index in [0.29, 0.717) is 29.6 Å². The van der Waals surface area contributed by atoms with Crippen molar-refractivity contribution >= 4 is 22.5 Å². The number of anilines is 1. The zero-order chi connectivity index (χ0) is 27.3. The van der Waals surface area contributed by atoms with Gasteiger partial charge in [-0.2, -0.15) is 19.7 Å². The minimum Gasteiger partial charge on any atom is -0.358 e. The summed E-state index contributed by atoms with van der Waals surface area (Å²) in [5.41, 5.74) is 6.55. The molecule has 0 spiro atoms. The van der Waals surface area contributed by atoms with Crippen LogP contribution < -0.4 is 5.32 Å². The molecule has 8 rings (SSSR count). The standard InChI is InChI=1S/C30H28FN9O/c31-19-13-18(15-32-16-19)28-37-29-23(26-10-11-33-39(26)27-7-3-4-12-41-27)17-34-40(29)30(38-28)35-20-8-9-25-22(14-20)21-5-1-2-6-24(21)36-25/h1-2,5-6,10-11,13,15-17,20,27,36H,3-4,7-9,12,14H2,(H,35,37,38)/t20-,27?/m1/s1. The SMILES string of the molecule is Fc1cncc(-c2nc(N[C@@H]3CCc4[nH]c5ccccc5c4C3)n3ncc(-c4ccnn4C4CCCCO4)c3n2)c1. The van der Waals surface area contributed by atoms with Gasteiger partial charge in [-0.05, 0) is 62.3 Å². The summed E-state index contributed by atoms with van der Waals surface area (Å²) in [4.78, 5) is 17.3. The Morgan fingerprint density at radius 3 is 2.88 bits per heavy atom. The number of fused-ring (bicyclic) bond motifs is 4. The van der Waals surface area contributed by atoms with Crippen LogP contribution in [0.4, 0.5) is 10.3 Å². The Morgan fingerprint density at radius 2 is 1.98 bits per heavy atom. The number of H-pyrrole nitrogens is 1. The molecule has 0 bridgehead atoms. The van der Waals surface area contributed by atoms with E-state index in [-0.39, 0.29) is 12.3 Å². The number of nitrogens with zero attached hydrogens (tertiary/aromatic N) is 7. The van der Waals surface area contributed by atoms with Gasteiger partial charge in [-0.15, -0.1) is 0 Å². The molecule has 2 atom stereocenters. The molecule has 206 valence electrons. The second kappa shape index (κ2) is 9.77. The first-order valence-corrected chi connectivity index (χ1v) is 14.1. The van der Waals surface area contributed by atoms with E-state index in [1.54, 1.807) is 23.1 Å². The third-order valence-electron chi connectivity index (χ3n) is 8.13. The lowest BCUT2D eigenvalue weighted by Gasteiger charge is -2.25. The Balaban J connectivity index is 1.22. The number of ether oxygens (including phenoxy) is 1. The van der Waals surface area contributed by atoms with Crippen LogP contribution in [0.2, 0.25) is 0 Å². The first-order valence-electron chi connectivity index (χ1n) is 14.1. The van der Waals surface area contributed by atoms with Gasteiger partial charge in [0.05, 0.1) is 23.7 Å². The summed E-state index contributed by atoms with van der Waals surface area (Å²) in [6.07, 6.45) is 11.9. The molecule has 0 saturated carbocycles. The molecule has 11 heteroatoms. The molecule has 1 aromatic carbocycles. The fraction of sp³-hybridized carbons (Fsp3) is 0.300. The Morgan fingerprint density at radius 1 is 1.02 bits per heavy atom. The lowest BCUT2D eigenvalue weighted by Crippen LogP contribution is -2.29. The number of aryl methyl sites for hydroxylation is 1. The molecule has 0 amide bonds. The summed E-state index contributed by atoms with van der Waals surface area (Å²) >= 11 is 0. The number of aromatic nitrogens is 8. The van der Waals surface area contributed by atoms with E-state index in [9.17, 15) is 4.39 Å². The van der Waals surface area contributed by atoms with Crippen molar-refractivity contribution in [3.05, 3.63) is 78.3 Å². The quantitative estimate of drug-likeness (QED) is 0.299. The Hall–Kier alpha value is -4.64. The van der Waals surface area contributed by atoms with Crippen molar-refractivity contribution in [2.45, 2.75) is 50.8 Å². The Bertz CT molecular complexity index is 1880. The average Bonchev–Trinajstić information content (AvgIpc) is 3.74. The van der Waals surface area contributed by atoms with Crippen molar-refractivity contribution in [3.8, 4) is 22.6 Å². The fourth-order valence-corrected chi connectivity index (χ4v) is 6.16. The lowest BCUT2D eigenvalue weighted by atomic mass is 9.91. The van der Waals surface area contributed by atoms with Crippen molar-refractivity contribution < 1.29 is 9.13 Å². The number of nitrogens with one attached hydrogen (secondary N) is 2. The first kappa shape index (κ1) is 24.2. The highest BCUT2D eigenvalue weighted by molar-refractivity contribution is 5.85. The van der Waals surface area contributed by atoms with Gasteiger partial charge in [-0.1, -0.05) is 18.2 Å². The monoisotopic (exact) mass is 549 g/mol. The first-order chi connectivity index (χ1) is 20.2. The summed E-state index contributed by atoms with van der Waals surface area (Å²) in [5.74, 6) is 0.479. The van der Waals surface area contributed by atoms with Crippen molar-refractivity contribution in [2.24, 2.45) is 0 Å². The maximum atomic E-state index is 14.2. The van der Waals surface area contributed by atoms with Gasteiger partial charge in [0.1, 0.15) is 5.82 Å². The molecule has 2 aliphatic rings. The maximum Gasteiger partial charge on any atom is 0.228 e. The van der Waals surface area contributed by atoms with Crippen LogP contribution in [0.25, 0.3) is 39.2 Å². The number of hydrogen-bond acceptors (Lipinski definition) is 7. The fourth-order valence-electron chi connectivity index (χ4n) is 6.16. The van der Waals surface area contributed by atoms with Gasteiger partial charge in [0.2, 0.25) is 5.95 Å². The van der Waals surface area contributed by atoms with Gasteiger partial charge in [-0.25, -0.2) is 14.1 Å². The number of para-hydroxylation sites is 1. The molecule has 5 aromatic heterocycles. The average molecular weight is 550 g/mol. The van der Waals surface area contributed by atoms with Crippen LogP contribution in [0.1, 0.15) is 43.2 Å². The highest BCUT2D eigenvalue weighted by Gasteiger charge is 2.26. The second-order valence-corrected chi connectivity index (χ2v) is 10.8. The number of pyridine rings is 1. The third-order valence-corrected chi connectivity index (χ3v) is 8.13. The number of benzene rings is 1. The molecule has 2 N–H and O–H groups in total. The second-order valence-electron chi connectivity index (χ2n) is 10.8. The molecule has 1 unspecified atom stereocenters. The van der Waals surface area contributed by atoms with Crippen LogP contribution in [0.15, 0.2) is 61.2 Å². The minimum absolute atomic E-state index is 0.132. The molecule has 0 radical (unpaired) electrons. The molecule has 1 aliphatic heterocycles. The molecular weight excluding hydrogens is 521 g/mol. The molecule has 1 aliphatic carbocycles. The normalized spacial score (nSPS) is 19.0. The van der Waals surface area contributed by atoms with E-state index in [1.165, 1.54) is 34.4 Å². The van der Waals surface area contributed by atoms with Crippen molar-refractivity contribution in [1.29, 1.82) is 0 Å². The summed E-state index contributed by atoms with van der Waals surface area (Å²) in [5, 5.41) is 14.2. The van der Waals surface area contributed by atoms with E-state index in [1.807, 2.05) is 10.7 Å². The van der Waals surface area contributed by atoms with Crippen LogP contribution in [0, 0.1) is 5.82 Å². The predicted octanol–water partition coefficient (Wildman–Crippen LogP) is 5.34. The van der Waals surface area contributed by atoms with Crippen molar-refractivity contribution in [1.82, 2.24) is 39.3 Å². The topological polar surface area (TPSA) is 111 Å². The van der Waals surface area contributed by atoms with Crippen LogP contribution in [0.3, 0.4) is 0 Å². The van der Waals surface area contributed by atoms with Crippen LogP contribution >= 0.6 is 0 Å². The highest BCUT2D eigenvalue weighted by Crippen LogP contribution is 2.33. The summed E-state index contributed by atoms with van der Waals surface area (Å²) in [6, 6.07) is 11.9. The molecule has 41 heavy (non-hydrogen) atoms. The molecular formula is C30H28FN9O. The van der Waals surface area contributed by atoms with E-state index < -0.39 is 5.82 Å². The lowest BCUT2D eigenvalue weighted by molar-refractivity contribution is -0.0383. The van der Waals surface area contributed by atoms with Crippen LogP contribution in [0.5, 0.6) is 0 Å². The molecule has 10 nitrogen and oxygen atoms in total. The number of aromatic amines is 1. The van der Waals surface area contributed by atoms with Crippen LogP contribution in [-0.4, -0.2) is 52.0 Å².